The first kappa shape index (κ1) is 11.3. The van der Waals surface area contributed by atoms with Crippen molar-refractivity contribution in [2.24, 2.45) is 5.73 Å². The van der Waals surface area contributed by atoms with Crippen molar-refractivity contribution in [2.45, 2.75) is 12.5 Å². The molecule has 0 saturated carbocycles. The van der Waals surface area contributed by atoms with Crippen molar-refractivity contribution in [1.29, 1.82) is 0 Å². The van der Waals surface area contributed by atoms with Crippen LogP contribution < -0.4 is 5.73 Å². The summed E-state index contributed by atoms with van der Waals surface area (Å²) in [6.45, 7) is 0. The standard InChI is InChI=1S/C12H11FN4S/c13-7-1-2-10-11(3-7)18-12(17-10)9(14)4-8-5-15-6-16-8/h1-3,5-6,9H,4,14H2,(H,15,16). The van der Waals surface area contributed by atoms with Crippen molar-refractivity contribution in [3.8, 4) is 0 Å². The van der Waals surface area contributed by atoms with E-state index in [1.807, 2.05) is 0 Å². The van der Waals surface area contributed by atoms with Gasteiger partial charge in [-0.15, -0.1) is 11.3 Å². The number of hydrogen-bond acceptors (Lipinski definition) is 4. The number of aromatic nitrogens is 3. The molecule has 0 spiro atoms. The van der Waals surface area contributed by atoms with Gasteiger partial charge in [-0.05, 0) is 18.2 Å². The first-order chi connectivity index (χ1) is 8.72. The van der Waals surface area contributed by atoms with Crippen molar-refractivity contribution in [3.63, 3.8) is 0 Å². The molecule has 0 aliphatic heterocycles. The van der Waals surface area contributed by atoms with Gasteiger partial charge in [0.15, 0.2) is 0 Å². The Morgan fingerprint density at radius 2 is 2.33 bits per heavy atom. The number of imidazole rings is 1. The van der Waals surface area contributed by atoms with Crippen LogP contribution in [0.5, 0.6) is 0 Å². The lowest BCUT2D eigenvalue weighted by molar-refractivity contribution is 0.630. The van der Waals surface area contributed by atoms with Gasteiger partial charge in [0.05, 0.1) is 22.6 Å². The Labute approximate surface area is 107 Å². The molecular weight excluding hydrogens is 251 g/mol. The molecule has 3 aromatic rings. The number of aromatic amines is 1. The molecule has 0 aliphatic carbocycles. The fourth-order valence-corrected chi connectivity index (χ4v) is 2.79. The monoisotopic (exact) mass is 262 g/mol. The highest BCUT2D eigenvalue weighted by Gasteiger charge is 2.13. The molecule has 2 aromatic heterocycles. The zero-order chi connectivity index (χ0) is 12.5. The summed E-state index contributed by atoms with van der Waals surface area (Å²) in [5.74, 6) is -0.250. The van der Waals surface area contributed by atoms with Crippen molar-refractivity contribution in [2.75, 3.05) is 0 Å². The predicted molar refractivity (Wildman–Crippen MR) is 68.8 cm³/mol. The van der Waals surface area contributed by atoms with E-state index in [0.29, 0.717) is 6.42 Å². The Bertz CT molecular complexity index is 662. The van der Waals surface area contributed by atoms with E-state index in [1.165, 1.54) is 23.5 Å². The largest absolute Gasteiger partial charge is 0.348 e. The van der Waals surface area contributed by atoms with E-state index >= 15 is 0 Å². The van der Waals surface area contributed by atoms with Gasteiger partial charge in [0.2, 0.25) is 0 Å². The molecule has 0 radical (unpaired) electrons. The van der Waals surface area contributed by atoms with E-state index in [-0.39, 0.29) is 11.9 Å². The van der Waals surface area contributed by atoms with Crippen LogP contribution in [0.4, 0.5) is 4.39 Å². The highest BCUT2D eigenvalue weighted by atomic mass is 32.1. The molecule has 0 amide bonds. The summed E-state index contributed by atoms with van der Waals surface area (Å²) in [5.41, 5.74) is 7.85. The third-order valence-corrected chi connectivity index (χ3v) is 3.83. The minimum absolute atomic E-state index is 0.203. The number of thiazole rings is 1. The topological polar surface area (TPSA) is 67.6 Å². The third kappa shape index (κ3) is 2.12. The SMILES string of the molecule is NC(Cc1cnc[nH]1)c1nc2ccc(F)cc2s1. The molecule has 4 nitrogen and oxygen atoms in total. The van der Waals surface area contributed by atoms with Crippen molar-refractivity contribution in [3.05, 3.63) is 47.2 Å². The van der Waals surface area contributed by atoms with Gasteiger partial charge in [-0.2, -0.15) is 0 Å². The molecule has 1 atom stereocenters. The number of hydrogen-bond donors (Lipinski definition) is 2. The number of benzene rings is 1. The van der Waals surface area contributed by atoms with Crippen molar-refractivity contribution >= 4 is 21.6 Å². The normalized spacial score (nSPS) is 13.0. The van der Waals surface area contributed by atoms with Crippen molar-refractivity contribution in [1.82, 2.24) is 15.0 Å². The van der Waals surface area contributed by atoms with Crippen LogP contribution >= 0.6 is 11.3 Å². The van der Waals surface area contributed by atoms with Gasteiger partial charge < -0.3 is 10.7 Å². The van der Waals surface area contributed by atoms with Gasteiger partial charge in [-0.3, -0.25) is 0 Å². The lowest BCUT2D eigenvalue weighted by Gasteiger charge is -2.05. The lowest BCUT2D eigenvalue weighted by Crippen LogP contribution is -2.13. The molecule has 0 saturated heterocycles. The van der Waals surface area contributed by atoms with Crippen LogP contribution in [-0.2, 0) is 6.42 Å². The van der Waals surface area contributed by atoms with Gasteiger partial charge in [-0.1, -0.05) is 0 Å². The smallest absolute Gasteiger partial charge is 0.124 e. The highest BCUT2D eigenvalue weighted by Crippen LogP contribution is 2.27. The molecule has 18 heavy (non-hydrogen) atoms. The maximum absolute atomic E-state index is 13.1. The lowest BCUT2D eigenvalue weighted by atomic mass is 10.2. The first-order valence-electron chi connectivity index (χ1n) is 5.51. The number of H-pyrrole nitrogens is 1. The van der Waals surface area contributed by atoms with Gasteiger partial charge in [0.1, 0.15) is 10.8 Å². The average Bonchev–Trinajstić information content (AvgIpc) is 2.96. The van der Waals surface area contributed by atoms with Gasteiger partial charge in [0.25, 0.3) is 0 Å². The molecule has 0 aliphatic rings. The zero-order valence-corrected chi connectivity index (χ0v) is 10.2. The van der Waals surface area contributed by atoms with Crippen LogP contribution in [0.3, 0.4) is 0 Å². The van der Waals surface area contributed by atoms with E-state index in [1.54, 1.807) is 18.6 Å². The van der Waals surface area contributed by atoms with E-state index < -0.39 is 0 Å². The second kappa shape index (κ2) is 4.47. The Morgan fingerprint density at radius 1 is 1.44 bits per heavy atom. The van der Waals surface area contributed by atoms with Gasteiger partial charge in [0, 0.05) is 18.3 Å². The van der Waals surface area contributed by atoms with Crippen LogP contribution in [-0.4, -0.2) is 15.0 Å². The Balaban J connectivity index is 1.89. The molecular formula is C12H11FN4S. The highest BCUT2D eigenvalue weighted by molar-refractivity contribution is 7.18. The summed E-state index contributed by atoms with van der Waals surface area (Å²) in [7, 11) is 0. The molecule has 92 valence electrons. The summed E-state index contributed by atoms with van der Waals surface area (Å²) in [5, 5.41) is 0.810. The number of halogens is 1. The molecule has 6 heteroatoms. The number of nitrogens with zero attached hydrogens (tertiary/aromatic N) is 2. The van der Waals surface area contributed by atoms with Crippen LogP contribution in [0.1, 0.15) is 16.7 Å². The molecule has 3 rings (SSSR count). The van der Waals surface area contributed by atoms with E-state index in [9.17, 15) is 4.39 Å². The Hall–Kier alpha value is -1.79. The second-order valence-electron chi connectivity index (χ2n) is 4.05. The molecule has 1 aromatic carbocycles. The van der Waals surface area contributed by atoms with E-state index in [4.69, 9.17) is 5.73 Å². The Morgan fingerprint density at radius 3 is 3.11 bits per heavy atom. The number of fused-ring (bicyclic) bond motifs is 1. The number of rotatable bonds is 3. The van der Waals surface area contributed by atoms with Crippen molar-refractivity contribution < 1.29 is 4.39 Å². The maximum Gasteiger partial charge on any atom is 0.124 e. The number of nitrogens with two attached hydrogens (primary N) is 1. The van der Waals surface area contributed by atoms with E-state index in [0.717, 1.165) is 20.9 Å². The van der Waals surface area contributed by atoms with Gasteiger partial charge >= 0.3 is 0 Å². The fraction of sp³-hybridized carbons (Fsp3) is 0.167. The first-order valence-corrected chi connectivity index (χ1v) is 6.33. The molecule has 3 N–H and O–H groups in total. The quantitative estimate of drug-likeness (QED) is 0.761. The molecule has 2 heterocycles. The van der Waals surface area contributed by atoms with Gasteiger partial charge in [-0.25, -0.2) is 14.4 Å². The summed E-state index contributed by atoms with van der Waals surface area (Å²) in [6, 6.07) is 4.37. The van der Waals surface area contributed by atoms with Crippen LogP contribution in [0.25, 0.3) is 10.2 Å². The molecule has 0 bridgehead atoms. The minimum Gasteiger partial charge on any atom is -0.348 e. The molecule has 0 fully saturated rings. The third-order valence-electron chi connectivity index (χ3n) is 2.68. The predicted octanol–water partition coefficient (Wildman–Crippen LogP) is 2.40. The second-order valence-corrected chi connectivity index (χ2v) is 5.11. The van der Waals surface area contributed by atoms with Crippen LogP contribution in [0, 0.1) is 5.82 Å². The fourth-order valence-electron chi connectivity index (χ4n) is 1.80. The number of nitrogens with one attached hydrogen (secondary N) is 1. The zero-order valence-electron chi connectivity index (χ0n) is 9.43. The average molecular weight is 262 g/mol. The van der Waals surface area contributed by atoms with Crippen LogP contribution in [0.15, 0.2) is 30.7 Å². The van der Waals surface area contributed by atoms with Crippen LogP contribution in [0.2, 0.25) is 0 Å². The minimum atomic E-state index is -0.250. The van der Waals surface area contributed by atoms with E-state index in [2.05, 4.69) is 15.0 Å². The maximum atomic E-state index is 13.1. The summed E-state index contributed by atoms with van der Waals surface area (Å²) in [6.07, 6.45) is 4.00. The molecule has 1 unspecified atom stereocenters. The summed E-state index contributed by atoms with van der Waals surface area (Å²) in [4.78, 5) is 11.4. The summed E-state index contributed by atoms with van der Waals surface area (Å²) >= 11 is 1.43. The summed E-state index contributed by atoms with van der Waals surface area (Å²) < 4.78 is 13.9. The Kier molecular flexibility index (Phi) is 2.81.